The Morgan fingerprint density at radius 3 is 2.06 bits per heavy atom. The lowest BCUT2D eigenvalue weighted by atomic mass is 9.59. The first kappa shape index (κ1) is 13.4. The molecule has 2 aliphatic rings. The Labute approximate surface area is 108 Å². The quantitative estimate of drug-likeness (QED) is 0.720. The highest BCUT2D eigenvalue weighted by molar-refractivity contribution is 5.00. The zero-order chi connectivity index (χ0) is 12.7. The van der Waals surface area contributed by atoms with Gasteiger partial charge in [-0.25, -0.2) is 0 Å². The first-order valence-electron chi connectivity index (χ1n) is 7.60. The summed E-state index contributed by atoms with van der Waals surface area (Å²) in [5.74, 6) is 2.55. The second-order valence-corrected chi connectivity index (χ2v) is 8.04. The highest BCUT2D eigenvalue weighted by atomic mass is 14.8. The maximum Gasteiger partial charge on any atom is 0.0188 e. The smallest absolute Gasteiger partial charge is 0.0188 e. The number of nitrogens with two attached hydrogens (primary N) is 1. The molecule has 0 aromatic carbocycles. The van der Waals surface area contributed by atoms with Gasteiger partial charge in [0.2, 0.25) is 0 Å². The molecule has 100 valence electrons. The van der Waals surface area contributed by atoms with Crippen molar-refractivity contribution in [2.75, 3.05) is 0 Å². The van der Waals surface area contributed by atoms with Crippen LogP contribution in [0.1, 0.15) is 72.6 Å². The van der Waals surface area contributed by atoms with Crippen LogP contribution in [-0.4, -0.2) is 5.54 Å². The van der Waals surface area contributed by atoms with Gasteiger partial charge in [-0.1, -0.05) is 34.1 Å². The molecule has 1 nitrogen and oxygen atoms in total. The zero-order valence-electron chi connectivity index (χ0n) is 12.3. The van der Waals surface area contributed by atoms with Crippen molar-refractivity contribution in [2.45, 2.75) is 78.2 Å². The molecule has 0 aliphatic heterocycles. The Morgan fingerprint density at radius 2 is 1.53 bits per heavy atom. The molecular weight excluding hydrogens is 206 g/mol. The maximum absolute atomic E-state index is 6.83. The van der Waals surface area contributed by atoms with Crippen molar-refractivity contribution in [2.24, 2.45) is 28.9 Å². The molecule has 0 saturated heterocycles. The summed E-state index contributed by atoms with van der Waals surface area (Å²) in [5.41, 5.74) is 7.45. The molecule has 2 N–H and O–H groups in total. The van der Waals surface area contributed by atoms with Crippen LogP contribution in [0.2, 0.25) is 0 Å². The van der Waals surface area contributed by atoms with Crippen molar-refractivity contribution in [3.63, 3.8) is 0 Å². The fourth-order valence-electron chi connectivity index (χ4n) is 4.73. The average Bonchev–Trinajstić information content (AvgIpc) is 2.13. The van der Waals surface area contributed by atoms with Gasteiger partial charge in [0.25, 0.3) is 0 Å². The topological polar surface area (TPSA) is 26.0 Å². The van der Waals surface area contributed by atoms with Gasteiger partial charge in [0, 0.05) is 5.54 Å². The minimum atomic E-state index is 0.144. The van der Waals surface area contributed by atoms with Crippen LogP contribution >= 0.6 is 0 Å². The summed E-state index contributed by atoms with van der Waals surface area (Å²) >= 11 is 0. The van der Waals surface area contributed by atoms with Gasteiger partial charge in [0.1, 0.15) is 0 Å². The first-order chi connectivity index (χ1) is 7.81. The SMILES string of the molecule is CC1CC(C)CC(C2(N)CCCC(C)(C)C2)C1. The van der Waals surface area contributed by atoms with E-state index in [0.717, 1.165) is 17.8 Å². The fraction of sp³-hybridized carbons (Fsp3) is 1.00. The van der Waals surface area contributed by atoms with E-state index in [9.17, 15) is 0 Å². The monoisotopic (exact) mass is 237 g/mol. The molecule has 2 aliphatic carbocycles. The Bertz CT molecular complexity index is 261. The number of rotatable bonds is 1. The van der Waals surface area contributed by atoms with Crippen molar-refractivity contribution >= 4 is 0 Å². The van der Waals surface area contributed by atoms with E-state index in [-0.39, 0.29) is 5.54 Å². The summed E-state index contributed by atoms with van der Waals surface area (Å²) in [4.78, 5) is 0. The highest BCUT2D eigenvalue weighted by Crippen LogP contribution is 2.48. The summed E-state index contributed by atoms with van der Waals surface area (Å²) in [6, 6.07) is 0. The summed E-state index contributed by atoms with van der Waals surface area (Å²) in [5, 5.41) is 0. The van der Waals surface area contributed by atoms with Crippen LogP contribution in [0.15, 0.2) is 0 Å². The average molecular weight is 237 g/mol. The summed E-state index contributed by atoms with van der Waals surface area (Å²) < 4.78 is 0. The minimum Gasteiger partial charge on any atom is -0.325 e. The normalized spacial score (nSPS) is 46.8. The van der Waals surface area contributed by atoms with Gasteiger partial charge in [0.15, 0.2) is 0 Å². The van der Waals surface area contributed by atoms with Crippen LogP contribution < -0.4 is 5.73 Å². The Morgan fingerprint density at radius 1 is 0.941 bits per heavy atom. The van der Waals surface area contributed by atoms with Crippen LogP contribution in [0, 0.1) is 23.2 Å². The molecule has 3 unspecified atom stereocenters. The summed E-state index contributed by atoms with van der Waals surface area (Å²) in [6.07, 6.45) is 9.36. The van der Waals surface area contributed by atoms with Crippen LogP contribution in [0.5, 0.6) is 0 Å². The van der Waals surface area contributed by atoms with E-state index < -0.39 is 0 Å². The van der Waals surface area contributed by atoms with Gasteiger partial charge < -0.3 is 5.73 Å². The minimum absolute atomic E-state index is 0.144. The van der Waals surface area contributed by atoms with Crippen LogP contribution in [0.3, 0.4) is 0 Å². The van der Waals surface area contributed by atoms with Crippen molar-refractivity contribution < 1.29 is 0 Å². The largest absolute Gasteiger partial charge is 0.325 e. The van der Waals surface area contributed by atoms with Crippen molar-refractivity contribution in [1.29, 1.82) is 0 Å². The van der Waals surface area contributed by atoms with Gasteiger partial charge in [-0.3, -0.25) is 0 Å². The van der Waals surface area contributed by atoms with Gasteiger partial charge in [-0.05, 0) is 61.7 Å². The molecular formula is C16H31N. The lowest BCUT2D eigenvalue weighted by Crippen LogP contribution is -2.54. The first-order valence-corrected chi connectivity index (χ1v) is 7.60. The van der Waals surface area contributed by atoms with Crippen LogP contribution in [-0.2, 0) is 0 Å². The van der Waals surface area contributed by atoms with E-state index in [1.54, 1.807) is 0 Å². The van der Waals surface area contributed by atoms with E-state index in [4.69, 9.17) is 5.73 Å². The van der Waals surface area contributed by atoms with Crippen molar-refractivity contribution in [1.82, 2.24) is 0 Å². The molecule has 2 fully saturated rings. The number of hydrogen-bond donors (Lipinski definition) is 1. The molecule has 0 aromatic heterocycles. The molecule has 1 heteroatoms. The Hall–Kier alpha value is -0.0400. The predicted molar refractivity (Wildman–Crippen MR) is 74.8 cm³/mol. The Kier molecular flexibility index (Phi) is 3.60. The third-order valence-electron chi connectivity index (χ3n) is 5.30. The van der Waals surface area contributed by atoms with Crippen LogP contribution in [0.25, 0.3) is 0 Å². The van der Waals surface area contributed by atoms with Crippen molar-refractivity contribution in [3.05, 3.63) is 0 Å². The zero-order valence-corrected chi connectivity index (χ0v) is 12.3. The van der Waals surface area contributed by atoms with E-state index in [2.05, 4.69) is 27.7 Å². The Balaban J connectivity index is 2.09. The lowest BCUT2D eigenvalue weighted by Gasteiger charge is -2.50. The van der Waals surface area contributed by atoms with E-state index in [1.165, 1.54) is 44.9 Å². The van der Waals surface area contributed by atoms with E-state index in [1.807, 2.05) is 0 Å². The third-order valence-corrected chi connectivity index (χ3v) is 5.30. The third kappa shape index (κ3) is 3.05. The van der Waals surface area contributed by atoms with E-state index in [0.29, 0.717) is 5.41 Å². The van der Waals surface area contributed by atoms with Crippen LogP contribution in [0.4, 0.5) is 0 Å². The van der Waals surface area contributed by atoms with Gasteiger partial charge in [-0.2, -0.15) is 0 Å². The second kappa shape index (κ2) is 4.57. The number of hydrogen-bond acceptors (Lipinski definition) is 1. The van der Waals surface area contributed by atoms with Gasteiger partial charge in [-0.15, -0.1) is 0 Å². The highest BCUT2D eigenvalue weighted by Gasteiger charge is 2.44. The standard InChI is InChI=1S/C16H31N/c1-12-8-13(2)10-14(9-12)16(17)7-5-6-15(3,4)11-16/h12-14H,5-11,17H2,1-4H3. The molecule has 0 bridgehead atoms. The van der Waals surface area contributed by atoms with E-state index >= 15 is 0 Å². The molecule has 2 saturated carbocycles. The fourth-order valence-corrected chi connectivity index (χ4v) is 4.73. The molecule has 3 atom stereocenters. The molecule has 0 amide bonds. The van der Waals surface area contributed by atoms with Crippen molar-refractivity contribution in [3.8, 4) is 0 Å². The summed E-state index contributed by atoms with van der Waals surface area (Å²) in [7, 11) is 0. The molecule has 0 radical (unpaired) electrons. The molecule has 0 aromatic rings. The van der Waals surface area contributed by atoms with Gasteiger partial charge >= 0.3 is 0 Å². The second-order valence-electron chi connectivity index (χ2n) is 8.04. The maximum atomic E-state index is 6.83. The molecule has 0 heterocycles. The summed E-state index contributed by atoms with van der Waals surface area (Å²) in [6.45, 7) is 9.65. The molecule has 0 spiro atoms. The predicted octanol–water partition coefficient (Wildman–Crippen LogP) is 4.36. The van der Waals surface area contributed by atoms with Gasteiger partial charge in [0.05, 0.1) is 0 Å². The molecule has 17 heavy (non-hydrogen) atoms. The lowest BCUT2D eigenvalue weighted by molar-refractivity contribution is 0.0562. The molecule has 2 rings (SSSR count).